The van der Waals surface area contributed by atoms with Gasteiger partial charge < -0.3 is 10.5 Å². The van der Waals surface area contributed by atoms with E-state index in [9.17, 15) is 5.26 Å². The van der Waals surface area contributed by atoms with Crippen LogP contribution in [0.4, 0.5) is 5.82 Å². The summed E-state index contributed by atoms with van der Waals surface area (Å²) < 4.78 is 7.19. The molecule has 25 heavy (non-hydrogen) atoms. The van der Waals surface area contributed by atoms with Crippen LogP contribution in [-0.4, -0.2) is 9.78 Å². The number of ether oxygens (including phenoxy) is 1. The molecule has 1 heterocycles. The van der Waals surface area contributed by atoms with Crippen LogP contribution in [0.25, 0.3) is 0 Å². The van der Waals surface area contributed by atoms with Gasteiger partial charge >= 0.3 is 0 Å². The lowest BCUT2D eigenvalue weighted by Crippen LogP contribution is -2.06. The van der Waals surface area contributed by atoms with E-state index >= 15 is 0 Å². The van der Waals surface area contributed by atoms with Crippen LogP contribution in [0, 0.1) is 11.3 Å². The van der Waals surface area contributed by atoms with Crippen molar-refractivity contribution >= 4 is 29.0 Å². The Morgan fingerprint density at radius 3 is 2.52 bits per heavy atom. The van der Waals surface area contributed by atoms with E-state index in [1.165, 1.54) is 4.68 Å². The van der Waals surface area contributed by atoms with Crippen LogP contribution in [0.1, 0.15) is 16.7 Å². The molecule has 0 aliphatic heterocycles. The number of hydrogen-bond acceptors (Lipinski definition) is 4. The van der Waals surface area contributed by atoms with Crippen molar-refractivity contribution in [3.63, 3.8) is 0 Å². The first-order chi connectivity index (χ1) is 12.1. The maximum absolute atomic E-state index is 9.35. The summed E-state index contributed by atoms with van der Waals surface area (Å²) in [6, 6.07) is 16.9. The van der Waals surface area contributed by atoms with E-state index in [-0.39, 0.29) is 17.3 Å². The fourth-order valence-electron chi connectivity index (χ4n) is 2.32. The average Bonchev–Trinajstić information content (AvgIpc) is 2.92. The number of nitrogen functional groups attached to an aromatic ring is 1. The smallest absolute Gasteiger partial charge is 0.253 e. The Balaban J connectivity index is 1.82. The van der Waals surface area contributed by atoms with Crippen LogP contribution < -0.4 is 10.5 Å². The van der Waals surface area contributed by atoms with Gasteiger partial charge in [-0.1, -0.05) is 59.6 Å². The number of aromatic nitrogens is 2. The van der Waals surface area contributed by atoms with Crippen LogP contribution in [0.3, 0.4) is 0 Å². The molecule has 1 aromatic heterocycles. The summed E-state index contributed by atoms with van der Waals surface area (Å²) in [5.74, 6) is 0.459. The predicted octanol–water partition coefficient (Wildman–Crippen LogP) is 4.27. The van der Waals surface area contributed by atoms with E-state index < -0.39 is 0 Å². The Hall–Kier alpha value is -2.68. The number of nitriles is 1. The number of benzene rings is 2. The molecular formula is C18H14Cl2N4O. The largest absolute Gasteiger partial charge is 0.471 e. The van der Waals surface area contributed by atoms with E-state index in [2.05, 4.69) is 5.10 Å². The lowest BCUT2D eigenvalue weighted by Gasteiger charge is -2.05. The van der Waals surface area contributed by atoms with Gasteiger partial charge in [-0.3, -0.25) is 0 Å². The van der Waals surface area contributed by atoms with Crippen LogP contribution in [-0.2, 0) is 13.2 Å². The van der Waals surface area contributed by atoms with Crippen molar-refractivity contribution in [1.29, 1.82) is 5.26 Å². The highest BCUT2D eigenvalue weighted by atomic mass is 35.5. The van der Waals surface area contributed by atoms with Crippen molar-refractivity contribution in [3.05, 3.63) is 75.3 Å². The van der Waals surface area contributed by atoms with Crippen LogP contribution in [0.15, 0.2) is 48.5 Å². The zero-order valence-corrected chi connectivity index (χ0v) is 14.6. The number of nitrogens with two attached hydrogens (primary N) is 1. The molecule has 126 valence electrons. The molecule has 3 aromatic rings. The molecule has 0 amide bonds. The Kier molecular flexibility index (Phi) is 5.13. The van der Waals surface area contributed by atoms with Crippen molar-refractivity contribution in [2.75, 3.05) is 5.73 Å². The van der Waals surface area contributed by atoms with Gasteiger partial charge in [-0.15, -0.1) is 5.10 Å². The lowest BCUT2D eigenvalue weighted by molar-refractivity contribution is 0.289. The Labute approximate surface area is 155 Å². The van der Waals surface area contributed by atoms with Gasteiger partial charge in [-0.05, 0) is 23.3 Å². The molecule has 0 radical (unpaired) electrons. The molecule has 0 fully saturated rings. The second-order valence-electron chi connectivity index (χ2n) is 5.36. The molecule has 0 unspecified atom stereocenters. The van der Waals surface area contributed by atoms with Gasteiger partial charge in [0.1, 0.15) is 18.5 Å². The molecule has 0 atom stereocenters. The minimum Gasteiger partial charge on any atom is -0.471 e. The first-order valence-electron chi connectivity index (χ1n) is 7.45. The highest BCUT2D eigenvalue weighted by molar-refractivity contribution is 6.42. The number of nitrogens with zero attached hydrogens (tertiary/aromatic N) is 3. The molecule has 3 rings (SSSR count). The van der Waals surface area contributed by atoms with E-state index in [1.807, 2.05) is 42.5 Å². The standard InChI is InChI=1S/C18H14Cl2N4O/c19-15-7-6-13(8-16(15)20)10-24-17(22)14(9-21)18(23-24)25-11-12-4-2-1-3-5-12/h1-8H,10-11,22H2. The van der Waals surface area contributed by atoms with Crippen molar-refractivity contribution in [2.24, 2.45) is 0 Å². The molecule has 7 heteroatoms. The van der Waals surface area contributed by atoms with Crippen LogP contribution in [0.2, 0.25) is 10.0 Å². The first-order valence-corrected chi connectivity index (χ1v) is 8.21. The van der Waals surface area contributed by atoms with E-state index in [4.69, 9.17) is 33.7 Å². The maximum atomic E-state index is 9.35. The van der Waals surface area contributed by atoms with E-state index in [0.29, 0.717) is 23.2 Å². The molecule has 5 nitrogen and oxygen atoms in total. The molecule has 0 spiro atoms. The summed E-state index contributed by atoms with van der Waals surface area (Å²) in [4.78, 5) is 0. The number of halogens is 2. The van der Waals surface area contributed by atoms with E-state index in [1.54, 1.807) is 12.1 Å². The molecule has 0 saturated heterocycles. The summed E-state index contributed by atoms with van der Waals surface area (Å²) in [6.45, 7) is 0.658. The minimum atomic E-state index is 0.212. The van der Waals surface area contributed by atoms with Gasteiger partial charge in [0.25, 0.3) is 5.88 Å². The quantitative estimate of drug-likeness (QED) is 0.725. The van der Waals surface area contributed by atoms with Gasteiger partial charge in [-0.2, -0.15) is 5.26 Å². The molecule has 0 aliphatic carbocycles. The van der Waals surface area contributed by atoms with Crippen molar-refractivity contribution in [3.8, 4) is 11.9 Å². The summed E-state index contributed by atoms with van der Waals surface area (Å²) >= 11 is 12.0. The highest BCUT2D eigenvalue weighted by Gasteiger charge is 2.17. The third-order valence-corrected chi connectivity index (χ3v) is 4.35. The van der Waals surface area contributed by atoms with Gasteiger partial charge in [-0.25, -0.2) is 4.68 Å². The average molecular weight is 373 g/mol. The second-order valence-corrected chi connectivity index (χ2v) is 6.17. The Morgan fingerprint density at radius 2 is 1.84 bits per heavy atom. The molecular weight excluding hydrogens is 359 g/mol. The summed E-state index contributed by atoms with van der Waals surface area (Å²) in [7, 11) is 0. The van der Waals surface area contributed by atoms with Crippen LogP contribution in [0.5, 0.6) is 5.88 Å². The SMILES string of the molecule is N#Cc1c(OCc2ccccc2)nn(Cc2ccc(Cl)c(Cl)c2)c1N. The number of rotatable bonds is 5. The van der Waals surface area contributed by atoms with Crippen molar-refractivity contribution < 1.29 is 4.74 Å². The number of anilines is 1. The predicted molar refractivity (Wildman–Crippen MR) is 97.7 cm³/mol. The van der Waals surface area contributed by atoms with E-state index in [0.717, 1.165) is 11.1 Å². The van der Waals surface area contributed by atoms with Gasteiger partial charge in [0.05, 0.1) is 16.6 Å². The maximum Gasteiger partial charge on any atom is 0.253 e. The summed E-state index contributed by atoms with van der Waals surface area (Å²) in [6.07, 6.45) is 0. The summed E-state index contributed by atoms with van der Waals surface area (Å²) in [5.41, 5.74) is 8.10. The normalized spacial score (nSPS) is 10.4. The zero-order chi connectivity index (χ0) is 17.8. The number of hydrogen-bond donors (Lipinski definition) is 1. The molecule has 0 aliphatic rings. The topological polar surface area (TPSA) is 76.9 Å². The second kappa shape index (κ2) is 7.47. The van der Waals surface area contributed by atoms with Crippen LogP contribution >= 0.6 is 23.2 Å². The molecule has 2 N–H and O–H groups in total. The van der Waals surface area contributed by atoms with Crippen molar-refractivity contribution in [1.82, 2.24) is 9.78 Å². The molecule has 2 aromatic carbocycles. The Bertz CT molecular complexity index is 932. The first kappa shape index (κ1) is 17.2. The highest BCUT2D eigenvalue weighted by Crippen LogP contribution is 2.26. The summed E-state index contributed by atoms with van der Waals surface area (Å²) in [5, 5.41) is 14.6. The minimum absolute atomic E-state index is 0.212. The third-order valence-electron chi connectivity index (χ3n) is 3.61. The monoisotopic (exact) mass is 372 g/mol. The van der Waals surface area contributed by atoms with Crippen molar-refractivity contribution in [2.45, 2.75) is 13.2 Å². The van der Waals surface area contributed by atoms with Gasteiger partial charge in [0.2, 0.25) is 0 Å². The zero-order valence-electron chi connectivity index (χ0n) is 13.1. The molecule has 0 saturated carbocycles. The third kappa shape index (κ3) is 3.87. The van der Waals surface area contributed by atoms with Gasteiger partial charge in [0, 0.05) is 0 Å². The fraction of sp³-hybridized carbons (Fsp3) is 0.111. The fourth-order valence-corrected chi connectivity index (χ4v) is 2.64. The lowest BCUT2D eigenvalue weighted by atomic mass is 10.2. The van der Waals surface area contributed by atoms with Gasteiger partial charge in [0.15, 0.2) is 5.56 Å². The Morgan fingerprint density at radius 1 is 1.08 bits per heavy atom. The molecule has 0 bridgehead atoms.